The van der Waals surface area contributed by atoms with E-state index in [1.165, 1.54) is 7.11 Å². The number of hydrogen-bond acceptors (Lipinski definition) is 3. The van der Waals surface area contributed by atoms with Crippen molar-refractivity contribution >= 4 is 11.8 Å². The van der Waals surface area contributed by atoms with Crippen LogP contribution in [0.25, 0.3) is 0 Å². The molecule has 1 saturated heterocycles. The van der Waals surface area contributed by atoms with Gasteiger partial charge < -0.3 is 15.0 Å². The molecule has 2 unspecified atom stereocenters. The second-order valence-corrected chi connectivity index (χ2v) is 6.77. The Morgan fingerprint density at radius 2 is 1.96 bits per heavy atom. The first-order valence-corrected chi connectivity index (χ1v) is 8.70. The Balaban J connectivity index is 2.16. The standard InChI is InChI=1S/C19H28N2O3/c1-13(2)17(19(23)21-12-8-7-9-14(21)3)20-18(22)15-10-5-6-11-16(15)24-4/h5-6,10-11,13-14,17H,7-9,12H2,1-4H3,(H,20,22). The van der Waals surface area contributed by atoms with E-state index in [4.69, 9.17) is 4.74 Å². The van der Waals surface area contributed by atoms with Crippen molar-refractivity contribution in [3.63, 3.8) is 0 Å². The number of para-hydroxylation sites is 1. The summed E-state index contributed by atoms with van der Waals surface area (Å²) in [6, 6.07) is 6.76. The van der Waals surface area contributed by atoms with Gasteiger partial charge in [-0.05, 0) is 44.2 Å². The Morgan fingerprint density at radius 3 is 2.58 bits per heavy atom. The molecule has 5 nitrogen and oxygen atoms in total. The average molecular weight is 332 g/mol. The fourth-order valence-electron chi connectivity index (χ4n) is 3.17. The van der Waals surface area contributed by atoms with Gasteiger partial charge in [-0.2, -0.15) is 0 Å². The largest absolute Gasteiger partial charge is 0.496 e. The molecule has 1 N–H and O–H groups in total. The van der Waals surface area contributed by atoms with E-state index in [1.54, 1.807) is 18.2 Å². The fraction of sp³-hybridized carbons (Fsp3) is 0.579. The SMILES string of the molecule is COc1ccccc1C(=O)NC(C(=O)N1CCCCC1C)C(C)C. The molecule has 2 amide bonds. The lowest BCUT2D eigenvalue weighted by atomic mass is 9.97. The molecule has 1 aliphatic heterocycles. The third-order valence-electron chi connectivity index (χ3n) is 4.66. The molecule has 5 heteroatoms. The van der Waals surface area contributed by atoms with Gasteiger partial charge in [-0.15, -0.1) is 0 Å². The zero-order valence-electron chi connectivity index (χ0n) is 15.0. The van der Waals surface area contributed by atoms with Crippen molar-refractivity contribution in [2.24, 2.45) is 5.92 Å². The lowest BCUT2D eigenvalue weighted by Crippen LogP contribution is -2.54. The van der Waals surface area contributed by atoms with E-state index in [9.17, 15) is 9.59 Å². The van der Waals surface area contributed by atoms with Crippen LogP contribution in [0.15, 0.2) is 24.3 Å². The van der Waals surface area contributed by atoms with E-state index in [0.717, 1.165) is 25.8 Å². The zero-order valence-corrected chi connectivity index (χ0v) is 15.0. The second kappa shape index (κ2) is 8.18. The van der Waals surface area contributed by atoms with Gasteiger partial charge in [0.25, 0.3) is 5.91 Å². The molecule has 2 atom stereocenters. The van der Waals surface area contributed by atoms with Gasteiger partial charge in [0.1, 0.15) is 11.8 Å². The average Bonchev–Trinajstić information content (AvgIpc) is 2.59. The van der Waals surface area contributed by atoms with Crippen LogP contribution in [0.3, 0.4) is 0 Å². The van der Waals surface area contributed by atoms with Crippen LogP contribution in [0.1, 0.15) is 50.4 Å². The number of benzene rings is 1. The summed E-state index contributed by atoms with van der Waals surface area (Å²) in [6.45, 7) is 6.77. The minimum Gasteiger partial charge on any atom is -0.496 e. The second-order valence-electron chi connectivity index (χ2n) is 6.77. The molecule has 0 spiro atoms. The van der Waals surface area contributed by atoms with Crippen molar-refractivity contribution in [3.8, 4) is 5.75 Å². The summed E-state index contributed by atoms with van der Waals surface area (Å²) in [5.74, 6) is 0.270. The Hall–Kier alpha value is -2.04. The van der Waals surface area contributed by atoms with Crippen molar-refractivity contribution in [1.29, 1.82) is 0 Å². The number of ether oxygens (including phenoxy) is 1. The van der Waals surface area contributed by atoms with Crippen molar-refractivity contribution in [1.82, 2.24) is 10.2 Å². The summed E-state index contributed by atoms with van der Waals surface area (Å²) >= 11 is 0. The fourth-order valence-corrected chi connectivity index (χ4v) is 3.17. The summed E-state index contributed by atoms with van der Waals surface area (Å²) in [5.41, 5.74) is 0.449. The van der Waals surface area contributed by atoms with Crippen molar-refractivity contribution < 1.29 is 14.3 Å². The topological polar surface area (TPSA) is 58.6 Å². The van der Waals surface area contributed by atoms with Gasteiger partial charge in [-0.25, -0.2) is 0 Å². The number of likely N-dealkylation sites (tertiary alicyclic amines) is 1. The predicted molar refractivity (Wildman–Crippen MR) is 94.1 cm³/mol. The highest BCUT2D eigenvalue weighted by Crippen LogP contribution is 2.21. The summed E-state index contributed by atoms with van der Waals surface area (Å²) in [4.78, 5) is 27.5. The summed E-state index contributed by atoms with van der Waals surface area (Å²) < 4.78 is 5.25. The lowest BCUT2D eigenvalue weighted by molar-refractivity contribution is -0.137. The predicted octanol–water partition coefficient (Wildman–Crippen LogP) is 2.85. The van der Waals surface area contributed by atoms with E-state index in [1.807, 2.05) is 24.8 Å². The van der Waals surface area contributed by atoms with Gasteiger partial charge in [0.2, 0.25) is 5.91 Å². The van der Waals surface area contributed by atoms with Crippen LogP contribution < -0.4 is 10.1 Å². The number of nitrogens with zero attached hydrogens (tertiary/aromatic N) is 1. The quantitative estimate of drug-likeness (QED) is 0.902. The molecule has 1 aliphatic rings. The molecule has 24 heavy (non-hydrogen) atoms. The van der Waals surface area contributed by atoms with Gasteiger partial charge in [-0.3, -0.25) is 9.59 Å². The van der Waals surface area contributed by atoms with Crippen molar-refractivity contribution in [2.75, 3.05) is 13.7 Å². The summed E-state index contributed by atoms with van der Waals surface area (Å²) in [7, 11) is 1.53. The van der Waals surface area contributed by atoms with Crippen LogP contribution in [0.4, 0.5) is 0 Å². The molecule has 1 fully saturated rings. The molecule has 1 aromatic rings. The molecular formula is C19H28N2O3. The van der Waals surface area contributed by atoms with Crippen molar-refractivity contribution in [3.05, 3.63) is 29.8 Å². The first-order chi connectivity index (χ1) is 11.5. The molecule has 0 aliphatic carbocycles. The molecule has 2 rings (SSSR count). The Kier molecular flexibility index (Phi) is 6.23. The molecule has 0 bridgehead atoms. The highest BCUT2D eigenvalue weighted by atomic mass is 16.5. The molecule has 132 valence electrons. The van der Waals surface area contributed by atoms with E-state index in [2.05, 4.69) is 12.2 Å². The van der Waals surface area contributed by atoms with Crippen LogP contribution in [0, 0.1) is 5.92 Å². The van der Waals surface area contributed by atoms with Gasteiger partial charge in [0.15, 0.2) is 0 Å². The Morgan fingerprint density at radius 1 is 1.25 bits per heavy atom. The third-order valence-corrected chi connectivity index (χ3v) is 4.66. The highest BCUT2D eigenvalue weighted by Gasteiger charge is 2.32. The molecule has 1 heterocycles. The number of piperidine rings is 1. The third kappa shape index (κ3) is 4.08. The van der Waals surface area contributed by atoms with Gasteiger partial charge in [0, 0.05) is 12.6 Å². The summed E-state index contributed by atoms with van der Waals surface area (Å²) in [5, 5.41) is 2.91. The van der Waals surface area contributed by atoms with Crippen LogP contribution >= 0.6 is 0 Å². The number of rotatable bonds is 5. The smallest absolute Gasteiger partial charge is 0.255 e. The number of carbonyl (C=O) groups excluding carboxylic acids is 2. The molecule has 0 saturated carbocycles. The van der Waals surface area contributed by atoms with Crippen LogP contribution in [0.2, 0.25) is 0 Å². The highest BCUT2D eigenvalue weighted by molar-refractivity contribution is 5.99. The maximum Gasteiger partial charge on any atom is 0.255 e. The first kappa shape index (κ1) is 18.3. The number of amides is 2. The zero-order chi connectivity index (χ0) is 17.7. The number of nitrogens with one attached hydrogen (secondary N) is 1. The van der Waals surface area contributed by atoms with E-state index < -0.39 is 6.04 Å². The van der Waals surface area contributed by atoms with Crippen LogP contribution in [-0.4, -0.2) is 42.5 Å². The minimum absolute atomic E-state index is 0.0143. The molecule has 0 radical (unpaired) electrons. The number of hydrogen-bond donors (Lipinski definition) is 1. The van der Waals surface area contributed by atoms with Gasteiger partial charge >= 0.3 is 0 Å². The number of carbonyl (C=O) groups is 2. The van der Waals surface area contributed by atoms with Crippen LogP contribution in [-0.2, 0) is 4.79 Å². The van der Waals surface area contributed by atoms with E-state index >= 15 is 0 Å². The Bertz CT molecular complexity index is 586. The first-order valence-electron chi connectivity index (χ1n) is 8.70. The maximum absolute atomic E-state index is 13.0. The van der Waals surface area contributed by atoms with Gasteiger partial charge in [0.05, 0.1) is 12.7 Å². The molecule has 1 aromatic carbocycles. The van der Waals surface area contributed by atoms with Crippen LogP contribution in [0.5, 0.6) is 5.75 Å². The number of methoxy groups -OCH3 is 1. The molecule has 0 aromatic heterocycles. The monoisotopic (exact) mass is 332 g/mol. The minimum atomic E-state index is -0.525. The van der Waals surface area contributed by atoms with E-state index in [0.29, 0.717) is 11.3 Å². The molecular weight excluding hydrogens is 304 g/mol. The Labute approximate surface area is 144 Å². The maximum atomic E-state index is 13.0. The van der Waals surface area contributed by atoms with E-state index in [-0.39, 0.29) is 23.8 Å². The van der Waals surface area contributed by atoms with Crippen molar-refractivity contribution in [2.45, 2.75) is 52.1 Å². The van der Waals surface area contributed by atoms with Gasteiger partial charge in [-0.1, -0.05) is 26.0 Å². The lowest BCUT2D eigenvalue weighted by Gasteiger charge is -2.37. The normalized spacial score (nSPS) is 19.0. The summed E-state index contributed by atoms with van der Waals surface area (Å²) in [6.07, 6.45) is 3.21.